The molecule has 6 rings (SSSR count). The molecule has 186 valence electrons. The molecule has 1 aliphatic heterocycles. The highest BCUT2D eigenvalue weighted by Crippen LogP contribution is 2.39. The first-order chi connectivity index (χ1) is 17.3. The van der Waals surface area contributed by atoms with Gasteiger partial charge in [-0.15, -0.1) is 0 Å². The maximum atomic E-state index is 13.7. The van der Waals surface area contributed by atoms with Crippen LogP contribution >= 0.6 is 0 Å². The molecule has 36 heavy (non-hydrogen) atoms. The zero-order valence-electron chi connectivity index (χ0n) is 21.1. The molecule has 0 radical (unpaired) electrons. The Morgan fingerprint density at radius 3 is 2.64 bits per heavy atom. The molecule has 10 nitrogen and oxygen atoms in total. The fraction of sp³-hybridized carbons (Fsp3) is 0.423. The smallest absolute Gasteiger partial charge is 0.349 e. The van der Waals surface area contributed by atoms with E-state index in [9.17, 15) is 4.79 Å². The van der Waals surface area contributed by atoms with Gasteiger partial charge in [0, 0.05) is 43.5 Å². The second-order valence-corrected chi connectivity index (χ2v) is 9.79. The molecule has 1 saturated heterocycles. The summed E-state index contributed by atoms with van der Waals surface area (Å²) in [7, 11) is 3.76. The first-order valence-corrected chi connectivity index (χ1v) is 12.3. The molecule has 5 aromatic heterocycles. The lowest BCUT2D eigenvalue weighted by Gasteiger charge is -2.34. The van der Waals surface area contributed by atoms with E-state index in [1.54, 1.807) is 17.2 Å². The van der Waals surface area contributed by atoms with Crippen molar-refractivity contribution in [1.29, 1.82) is 0 Å². The Kier molecular flexibility index (Phi) is 5.29. The zero-order chi connectivity index (χ0) is 25.1. The van der Waals surface area contributed by atoms with Gasteiger partial charge in [0.05, 0.1) is 36.1 Å². The predicted molar refractivity (Wildman–Crippen MR) is 136 cm³/mol. The Labute approximate surface area is 207 Å². The van der Waals surface area contributed by atoms with E-state index in [1.807, 2.05) is 48.6 Å². The fourth-order valence-electron chi connectivity index (χ4n) is 5.38. The third-order valence-electron chi connectivity index (χ3n) is 7.02. The second kappa shape index (κ2) is 8.41. The van der Waals surface area contributed by atoms with E-state index < -0.39 is 0 Å². The van der Waals surface area contributed by atoms with E-state index in [-0.39, 0.29) is 23.9 Å². The Balaban J connectivity index is 1.68. The van der Waals surface area contributed by atoms with Crippen LogP contribution in [-0.2, 0) is 18.8 Å². The van der Waals surface area contributed by atoms with Crippen molar-refractivity contribution in [3.8, 4) is 22.6 Å². The number of ether oxygens (including phenoxy) is 1. The molecule has 5 aromatic rings. The van der Waals surface area contributed by atoms with Gasteiger partial charge in [0.1, 0.15) is 16.9 Å². The lowest BCUT2D eigenvalue weighted by atomic mass is 9.97. The molecular formula is C26H29N7O3. The van der Waals surface area contributed by atoms with Crippen LogP contribution in [0, 0.1) is 6.92 Å². The first kappa shape index (κ1) is 22.7. The van der Waals surface area contributed by atoms with E-state index in [4.69, 9.17) is 14.1 Å². The molecule has 1 aliphatic rings. The summed E-state index contributed by atoms with van der Waals surface area (Å²) in [5, 5.41) is 5.12. The number of nitrogens with zero attached hydrogens (tertiary/aromatic N) is 7. The lowest BCUT2D eigenvalue weighted by Crippen LogP contribution is -2.37. The molecular weight excluding hydrogens is 458 g/mol. The number of hydrogen-bond donors (Lipinski definition) is 0. The Morgan fingerprint density at radius 1 is 1.11 bits per heavy atom. The third-order valence-corrected chi connectivity index (χ3v) is 7.02. The van der Waals surface area contributed by atoms with E-state index >= 15 is 0 Å². The summed E-state index contributed by atoms with van der Waals surface area (Å²) in [6.07, 6.45) is 9.70. The van der Waals surface area contributed by atoms with Crippen molar-refractivity contribution in [2.45, 2.75) is 58.3 Å². The van der Waals surface area contributed by atoms with Gasteiger partial charge in [0.25, 0.3) is 0 Å². The van der Waals surface area contributed by atoms with Gasteiger partial charge in [0.2, 0.25) is 0 Å². The number of aryl methyl sites for hydroxylation is 3. The van der Waals surface area contributed by atoms with Crippen LogP contribution in [0.2, 0.25) is 0 Å². The first-order valence-electron chi connectivity index (χ1n) is 12.3. The molecule has 6 heterocycles. The maximum absolute atomic E-state index is 13.7. The SMILES string of the molecule is CCC1CC(n2c(=O)nc(-c3cnn(C)c3)c3oc4c(C)nc(-c5cn(C)cn5)cc4c32)CC(C)O1. The van der Waals surface area contributed by atoms with Crippen LogP contribution in [0.4, 0.5) is 0 Å². The van der Waals surface area contributed by atoms with Gasteiger partial charge in [-0.1, -0.05) is 6.92 Å². The van der Waals surface area contributed by atoms with Gasteiger partial charge >= 0.3 is 5.69 Å². The van der Waals surface area contributed by atoms with Crippen molar-refractivity contribution in [1.82, 2.24) is 33.9 Å². The largest absolute Gasteiger partial charge is 0.450 e. The minimum atomic E-state index is -0.299. The number of pyridine rings is 1. The number of imidazole rings is 1. The third kappa shape index (κ3) is 3.63. The van der Waals surface area contributed by atoms with E-state index in [1.165, 1.54) is 0 Å². The number of fused-ring (bicyclic) bond motifs is 3. The average Bonchev–Trinajstić information content (AvgIpc) is 3.57. The zero-order valence-corrected chi connectivity index (χ0v) is 21.1. The monoisotopic (exact) mass is 487 g/mol. The molecule has 10 heteroatoms. The second-order valence-electron chi connectivity index (χ2n) is 9.79. The summed E-state index contributed by atoms with van der Waals surface area (Å²) >= 11 is 0. The van der Waals surface area contributed by atoms with Crippen molar-refractivity contribution < 1.29 is 9.15 Å². The number of hydrogen-bond acceptors (Lipinski definition) is 7. The minimum absolute atomic E-state index is 0.0410. The quantitative estimate of drug-likeness (QED) is 0.375. The van der Waals surface area contributed by atoms with Crippen LogP contribution < -0.4 is 5.69 Å². The maximum Gasteiger partial charge on any atom is 0.349 e. The van der Waals surface area contributed by atoms with Gasteiger partial charge in [-0.2, -0.15) is 10.1 Å². The number of aromatic nitrogens is 7. The van der Waals surface area contributed by atoms with Gasteiger partial charge in [-0.25, -0.2) is 14.8 Å². The summed E-state index contributed by atoms with van der Waals surface area (Å²) < 4.78 is 18.0. The van der Waals surface area contributed by atoms with Gasteiger partial charge in [-0.05, 0) is 39.2 Å². The van der Waals surface area contributed by atoms with E-state index in [0.717, 1.165) is 52.8 Å². The molecule has 3 unspecified atom stereocenters. The molecule has 0 aromatic carbocycles. The van der Waals surface area contributed by atoms with Gasteiger partial charge in [0.15, 0.2) is 11.2 Å². The Morgan fingerprint density at radius 2 is 1.94 bits per heavy atom. The normalized spacial score (nSPS) is 20.5. The van der Waals surface area contributed by atoms with Crippen LogP contribution in [0.1, 0.15) is 44.8 Å². The van der Waals surface area contributed by atoms with Gasteiger partial charge in [-0.3, -0.25) is 9.25 Å². The van der Waals surface area contributed by atoms with E-state index in [0.29, 0.717) is 16.9 Å². The van der Waals surface area contributed by atoms with Crippen molar-refractivity contribution in [3.05, 3.63) is 47.2 Å². The molecule has 0 aliphatic carbocycles. The average molecular weight is 488 g/mol. The van der Waals surface area contributed by atoms with Crippen LogP contribution in [-0.4, -0.2) is 46.1 Å². The fourth-order valence-corrected chi connectivity index (χ4v) is 5.38. The highest BCUT2D eigenvalue weighted by atomic mass is 16.5. The van der Waals surface area contributed by atoms with Crippen molar-refractivity contribution >= 4 is 22.1 Å². The molecule has 1 fully saturated rings. The van der Waals surface area contributed by atoms with Crippen LogP contribution in [0.25, 0.3) is 44.7 Å². The van der Waals surface area contributed by atoms with Crippen molar-refractivity contribution in [3.63, 3.8) is 0 Å². The van der Waals surface area contributed by atoms with Crippen molar-refractivity contribution in [2.75, 3.05) is 0 Å². The standard InChI is InChI=1S/C26H29N7O3/c1-6-18-8-17(7-14(2)35-18)33-23-19-9-20(21-12-31(4)13-27-21)29-15(3)24(19)36-25(23)22(30-26(33)34)16-10-28-32(5)11-16/h9-14,17-18H,6-8H2,1-5H3. The topological polar surface area (TPSA) is 106 Å². The van der Waals surface area contributed by atoms with Crippen LogP contribution in [0.3, 0.4) is 0 Å². The van der Waals surface area contributed by atoms with Crippen LogP contribution in [0.5, 0.6) is 0 Å². The highest BCUT2D eigenvalue weighted by Gasteiger charge is 2.32. The summed E-state index contributed by atoms with van der Waals surface area (Å²) in [5.41, 5.74) is 5.08. The molecule has 0 N–H and O–H groups in total. The van der Waals surface area contributed by atoms with E-state index in [2.05, 4.69) is 28.9 Å². The number of furan rings is 1. The highest BCUT2D eigenvalue weighted by molar-refractivity contribution is 6.08. The molecule has 0 spiro atoms. The molecule has 0 saturated carbocycles. The molecule has 3 atom stereocenters. The minimum Gasteiger partial charge on any atom is -0.450 e. The summed E-state index contributed by atoms with van der Waals surface area (Å²) in [6.45, 7) is 6.10. The number of rotatable bonds is 4. The molecule has 0 amide bonds. The summed E-state index contributed by atoms with van der Waals surface area (Å²) in [5.74, 6) is 0. The van der Waals surface area contributed by atoms with Gasteiger partial charge < -0.3 is 13.7 Å². The Bertz CT molecular complexity index is 1660. The van der Waals surface area contributed by atoms with Crippen LogP contribution in [0.15, 0.2) is 40.2 Å². The Hall–Kier alpha value is -3.79. The summed E-state index contributed by atoms with van der Waals surface area (Å²) in [4.78, 5) is 27.5. The molecule has 0 bridgehead atoms. The van der Waals surface area contributed by atoms with Crippen molar-refractivity contribution in [2.24, 2.45) is 14.1 Å². The lowest BCUT2D eigenvalue weighted by molar-refractivity contribution is -0.0594. The predicted octanol–water partition coefficient (Wildman–Crippen LogP) is 4.17. The summed E-state index contributed by atoms with van der Waals surface area (Å²) in [6, 6.07) is 1.91.